The molecule has 3 fully saturated rings. The predicted octanol–water partition coefficient (Wildman–Crippen LogP) is 3.18. The monoisotopic (exact) mass is 525 g/mol. The zero-order chi connectivity index (χ0) is 27.2. The summed E-state index contributed by atoms with van der Waals surface area (Å²) < 4.78 is -0.741. The van der Waals surface area contributed by atoms with E-state index in [-0.39, 0.29) is 35.5 Å². The smallest absolute Gasteiger partial charge is 0.251 e. The SMILES string of the molecule is C=CCN(C)C(=O)[C@@H]1[C@@H]2CC(C)C3(S2)C(C(=O)N(CC=C)c2cc(C)ccc2C)N([C@H](C)CO)C(=O)[C@H]13. The lowest BCUT2D eigenvalue weighted by atomic mass is 9.65. The average molecular weight is 526 g/mol. The summed E-state index contributed by atoms with van der Waals surface area (Å²) in [5.41, 5.74) is 2.77. The number of hydrogen-bond donors (Lipinski definition) is 1. The van der Waals surface area contributed by atoms with Crippen LogP contribution >= 0.6 is 11.8 Å². The van der Waals surface area contributed by atoms with Gasteiger partial charge >= 0.3 is 0 Å². The summed E-state index contributed by atoms with van der Waals surface area (Å²) in [5, 5.41) is 10.1. The Balaban J connectivity index is 1.85. The highest BCUT2D eigenvalue weighted by Crippen LogP contribution is 2.69. The fourth-order valence-corrected chi connectivity index (χ4v) is 9.11. The van der Waals surface area contributed by atoms with Gasteiger partial charge < -0.3 is 19.8 Å². The number of benzene rings is 1. The van der Waals surface area contributed by atoms with Crippen LogP contribution in [0, 0.1) is 31.6 Å². The van der Waals surface area contributed by atoms with Gasteiger partial charge in [0, 0.05) is 31.1 Å². The molecule has 0 aromatic heterocycles. The van der Waals surface area contributed by atoms with Crippen LogP contribution in [0.1, 0.15) is 31.4 Å². The van der Waals surface area contributed by atoms with E-state index in [0.29, 0.717) is 13.1 Å². The predicted molar refractivity (Wildman–Crippen MR) is 148 cm³/mol. The zero-order valence-corrected chi connectivity index (χ0v) is 23.3. The van der Waals surface area contributed by atoms with Gasteiger partial charge in [0.2, 0.25) is 11.8 Å². The van der Waals surface area contributed by atoms with Crippen LogP contribution < -0.4 is 4.90 Å². The van der Waals surface area contributed by atoms with Crippen LogP contribution in [-0.2, 0) is 14.4 Å². The molecule has 0 aliphatic carbocycles. The van der Waals surface area contributed by atoms with Gasteiger partial charge in [-0.15, -0.1) is 24.9 Å². The molecule has 3 aliphatic heterocycles. The number of carbonyl (C=O) groups excluding carboxylic acids is 3. The van der Waals surface area contributed by atoms with Gasteiger partial charge in [0.15, 0.2) is 0 Å². The molecule has 200 valence electrons. The number of thioether (sulfide) groups is 1. The highest BCUT2D eigenvalue weighted by atomic mass is 32.2. The molecule has 1 aromatic rings. The third-order valence-electron chi connectivity index (χ3n) is 8.45. The summed E-state index contributed by atoms with van der Waals surface area (Å²) in [6, 6.07) is 4.64. The number of likely N-dealkylation sites (tertiary alicyclic amines) is 1. The summed E-state index contributed by atoms with van der Waals surface area (Å²) in [6.45, 7) is 15.9. The molecule has 7 nitrogen and oxygen atoms in total. The molecular formula is C29H39N3O4S. The number of nitrogens with zero attached hydrogens (tertiary/aromatic N) is 3. The van der Waals surface area contributed by atoms with Crippen molar-refractivity contribution in [1.29, 1.82) is 0 Å². The third kappa shape index (κ3) is 4.13. The van der Waals surface area contributed by atoms with E-state index >= 15 is 0 Å². The Bertz CT molecular complexity index is 1120. The van der Waals surface area contributed by atoms with Gasteiger partial charge in [-0.05, 0) is 50.3 Å². The topological polar surface area (TPSA) is 81.2 Å². The molecule has 7 atom stereocenters. The van der Waals surface area contributed by atoms with Crippen molar-refractivity contribution >= 4 is 35.2 Å². The van der Waals surface area contributed by atoms with Crippen molar-refractivity contribution in [2.24, 2.45) is 17.8 Å². The lowest BCUT2D eigenvalue weighted by Crippen LogP contribution is -2.59. The molecule has 0 saturated carbocycles. The van der Waals surface area contributed by atoms with Crippen molar-refractivity contribution in [3.05, 3.63) is 54.6 Å². The van der Waals surface area contributed by atoms with Gasteiger partial charge in [0.25, 0.3) is 5.91 Å². The largest absolute Gasteiger partial charge is 0.394 e. The number of hydrogen-bond acceptors (Lipinski definition) is 5. The zero-order valence-electron chi connectivity index (χ0n) is 22.5. The first-order valence-electron chi connectivity index (χ1n) is 13.0. The van der Waals surface area contributed by atoms with E-state index in [9.17, 15) is 19.5 Å². The van der Waals surface area contributed by atoms with Gasteiger partial charge in [0.1, 0.15) is 6.04 Å². The number of aliphatic hydroxyl groups is 1. The van der Waals surface area contributed by atoms with Crippen molar-refractivity contribution in [2.75, 3.05) is 31.6 Å². The number of aryl methyl sites for hydroxylation is 2. The Morgan fingerprint density at radius 3 is 2.54 bits per heavy atom. The van der Waals surface area contributed by atoms with Crippen molar-refractivity contribution in [2.45, 2.75) is 56.2 Å². The van der Waals surface area contributed by atoms with E-state index < -0.39 is 28.7 Å². The first kappa shape index (κ1) is 27.5. The molecule has 3 saturated heterocycles. The second-order valence-corrected chi connectivity index (χ2v) is 12.4. The molecule has 0 radical (unpaired) electrons. The van der Waals surface area contributed by atoms with Crippen LogP contribution in [0.4, 0.5) is 5.69 Å². The van der Waals surface area contributed by atoms with E-state index in [1.54, 1.807) is 52.6 Å². The molecule has 1 N–H and O–H groups in total. The minimum absolute atomic E-state index is 0.0286. The fraction of sp³-hybridized carbons (Fsp3) is 0.552. The van der Waals surface area contributed by atoms with Crippen LogP contribution in [-0.4, -0.2) is 81.5 Å². The summed E-state index contributed by atoms with van der Waals surface area (Å²) in [4.78, 5) is 47.4. The van der Waals surface area contributed by atoms with E-state index in [4.69, 9.17) is 0 Å². The average Bonchev–Trinajstić information content (AvgIpc) is 3.46. The third-order valence-corrected chi connectivity index (χ3v) is 10.5. The standard InChI is InChI=1S/C29H39N3O4S/c1-8-12-30(7)26(34)23-22-15-19(5)29(37-22)24(23)27(35)32(20(6)16-33)25(29)28(36)31(13-9-2)21-14-17(3)10-11-18(21)4/h8-11,14,19-20,22-25,33H,1-2,12-13,15-16H2,3-7H3/t19?,20-,22+,23-,24+,25?,29?/m1/s1. The number of anilines is 1. The molecule has 8 heteroatoms. The van der Waals surface area contributed by atoms with E-state index in [1.807, 2.05) is 32.0 Å². The number of rotatable bonds is 9. The number of amides is 3. The fourth-order valence-electron chi connectivity index (χ4n) is 6.72. The first-order valence-corrected chi connectivity index (χ1v) is 13.9. The summed E-state index contributed by atoms with van der Waals surface area (Å²) >= 11 is 1.65. The number of aliphatic hydroxyl groups excluding tert-OH is 1. The lowest BCUT2D eigenvalue weighted by molar-refractivity contribution is -0.144. The molecule has 37 heavy (non-hydrogen) atoms. The normalized spacial score (nSPS) is 30.7. The molecule has 3 amide bonds. The van der Waals surface area contributed by atoms with Gasteiger partial charge in [-0.25, -0.2) is 0 Å². The van der Waals surface area contributed by atoms with Gasteiger partial charge in [-0.2, -0.15) is 0 Å². The van der Waals surface area contributed by atoms with Gasteiger partial charge in [0.05, 0.1) is 29.2 Å². The highest BCUT2D eigenvalue weighted by Gasteiger charge is 2.76. The maximum Gasteiger partial charge on any atom is 0.251 e. The maximum absolute atomic E-state index is 14.6. The lowest BCUT2D eigenvalue weighted by Gasteiger charge is -2.42. The molecule has 4 rings (SSSR count). The van der Waals surface area contributed by atoms with E-state index in [1.165, 1.54) is 0 Å². The minimum Gasteiger partial charge on any atom is -0.394 e. The van der Waals surface area contributed by atoms with Gasteiger partial charge in [-0.1, -0.05) is 31.2 Å². The molecule has 2 bridgehead atoms. The van der Waals surface area contributed by atoms with Crippen LogP contribution in [0.25, 0.3) is 0 Å². The maximum atomic E-state index is 14.6. The Morgan fingerprint density at radius 1 is 1.24 bits per heavy atom. The molecule has 3 aliphatic rings. The van der Waals surface area contributed by atoms with Crippen molar-refractivity contribution < 1.29 is 19.5 Å². The molecular weight excluding hydrogens is 486 g/mol. The number of carbonyl (C=O) groups is 3. The summed E-state index contributed by atoms with van der Waals surface area (Å²) in [6.07, 6.45) is 4.14. The summed E-state index contributed by atoms with van der Waals surface area (Å²) in [5.74, 6) is -1.52. The van der Waals surface area contributed by atoms with Crippen LogP contribution in [0.3, 0.4) is 0 Å². The molecule has 3 unspecified atom stereocenters. The van der Waals surface area contributed by atoms with Crippen LogP contribution in [0.5, 0.6) is 0 Å². The highest BCUT2D eigenvalue weighted by molar-refractivity contribution is 8.02. The van der Waals surface area contributed by atoms with Crippen LogP contribution in [0.15, 0.2) is 43.5 Å². The Kier molecular flexibility index (Phi) is 7.64. The van der Waals surface area contributed by atoms with Crippen molar-refractivity contribution in [3.8, 4) is 0 Å². The number of fused-ring (bicyclic) bond motifs is 1. The quantitative estimate of drug-likeness (QED) is 0.501. The van der Waals surface area contributed by atoms with Crippen molar-refractivity contribution in [1.82, 2.24) is 9.80 Å². The first-order chi connectivity index (χ1) is 17.5. The second-order valence-electron chi connectivity index (χ2n) is 10.9. The number of likely N-dealkylation sites (N-methyl/N-ethyl adjacent to an activating group) is 1. The van der Waals surface area contributed by atoms with Crippen LogP contribution in [0.2, 0.25) is 0 Å². The van der Waals surface area contributed by atoms with Gasteiger partial charge in [-0.3, -0.25) is 14.4 Å². The summed E-state index contributed by atoms with van der Waals surface area (Å²) in [7, 11) is 1.74. The van der Waals surface area contributed by atoms with E-state index in [2.05, 4.69) is 20.1 Å². The Morgan fingerprint density at radius 2 is 1.92 bits per heavy atom. The minimum atomic E-state index is -0.792. The molecule has 1 spiro atoms. The Labute approximate surface area is 224 Å². The second kappa shape index (κ2) is 10.3. The van der Waals surface area contributed by atoms with Crippen molar-refractivity contribution in [3.63, 3.8) is 0 Å². The Hall–Kier alpha value is -2.58. The van der Waals surface area contributed by atoms with E-state index in [0.717, 1.165) is 23.2 Å². The molecule has 1 aromatic carbocycles. The molecule has 3 heterocycles.